The number of amides is 1. The monoisotopic (exact) mass is 311 g/mol. The van der Waals surface area contributed by atoms with Crippen molar-refractivity contribution in [1.82, 2.24) is 4.98 Å². The molecular formula is C18H21N3O2. The maximum Gasteiger partial charge on any atom is 0.224 e. The van der Waals surface area contributed by atoms with Gasteiger partial charge in [-0.2, -0.15) is 0 Å². The number of ether oxygens (including phenoxy) is 1. The van der Waals surface area contributed by atoms with Gasteiger partial charge in [0, 0.05) is 26.2 Å². The van der Waals surface area contributed by atoms with Crippen molar-refractivity contribution in [2.45, 2.75) is 26.4 Å². The molecule has 120 valence electrons. The van der Waals surface area contributed by atoms with E-state index < -0.39 is 0 Å². The summed E-state index contributed by atoms with van der Waals surface area (Å²) in [6.45, 7) is 5.22. The Morgan fingerprint density at radius 3 is 2.74 bits per heavy atom. The van der Waals surface area contributed by atoms with Gasteiger partial charge in [0.15, 0.2) is 0 Å². The number of fused-ring (bicyclic) bond motifs is 1. The lowest BCUT2D eigenvalue weighted by molar-refractivity contribution is -0.117. The van der Waals surface area contributed by atoms with E-state index in [2.05, 4.69) is 22.9 Å². The summed E-state index contributed by atoms with van der Waals surface area (Å²) in [5.41, 5.74) is 3.13. The molecule has 1 aliphatic rings. The molecule has 1 aromatic heterocycles. The van der Waals surface area contributed by atoms with Crippen molar-refractivity contribution < 1.29 is 9.53 Å². The number of pyridine rings is 1. The molecule has 0 saturated carbocycles. The molecule has 5 nitrogen and oxygen atoms in total. The number of anilines is 2. The van der Waals surface area contributed by atoms with E-state index in [4.69, 9.17) is 4.74 Å². The lowest BCUT2D eigenvalue weighted by Gasteiger charge is -2.41. The van der Waals surface area contributed by atoms with Crippen LogP contribution in [0.3, 0.4) is 0 Å². The molecule has 23 heavy (non-hydrogen) atoms. The van der Waals surface area contributed by atoms with Gasteiger partial charge in [0.1, 0.15) is 5.75 Å². The number of carbonyl (C=O) groups excluding carboxylic acids is 1. The van der Waals surface area contributed by atoms with E-state index in [-0.39, 0.29) is 11.9 Å². The second-order valence-electron chi connectivity index (χ2n) is 5.84. The summed E-state index contributed by atoms with van der Waals surface area (Å²) in [6, 6.07) is 10.2. The molecule has 0 bridgehead atoms. The summed E-state index contributed by atoms with van der Waals surface area (Å²) in [5, 5.41) is 0. The Hall–Kier alpha value is -2.56. The van der Waals surface area contributed by atoms with E-state index in [1.54, 1.807) is 20.2 Å². The number of aromatic nitrogens is 1. The molecule has 1 aliphatic heterocycles. The van der Waals surface area contributed by atoms with Crippen molar-refractivity contribution in [2.75, 3.05) is 23.5 Å². The van der Waals surface area contributed by atoms with Crippen LogP contribution in [0.4, 0.5) is 11.4 Å². The van der Waals surface area contributed by atoms with Crippen LogP contribution in [0, 0.1) is 0 Å². The average Bonchev–Trinajstić information content (AvgIpc) is 2.54. The van der Waals surface area contributed by atoms with Gasteiger partial charge in [0.25, 0.3) is 0 Å². The van der Waals surface area contributed by atoms with E-state index in [1.165, 1.54) is 0 Å². The molecule has 3 rings (SSSR count). The summed E-state index contributed by atoms with van der Waals surface area (Å²) in [7, 11) is 1.64. The van der Waals surface area contributed by atoms with Crippen molar-refractivity contribution in [3.05, 3.63) is 48.3 Å². The maximum atomic E-state index is 12.0. The van der Waals surface area contributed by atoms with Crippen LogP contribution in [0.25, 0.3) is 0 Å². The summed E-state index contributed by atoms with van der Waals surface area (Å²) in [5.74, 6) is 0.832. The van der Waals surface area contributed by atoms with Crippen LogP contribution in [0.5, 0.6) is 5.75 Å². The van der Waals surface area contributed by atoms with Crippen molar-refractivity contribution in [3.63, 3.8) is 0 Å². The third-order valence-corrected chi connectivity index (χ3v) is 4.13. The van der Waals surface area contributed by atoms with E-state index in [0.29, 0.717) is 0 Å². The van der Waals surface area contributed by atoms with Gasteiger partial charge in [-0.3, -0.25) is 9.78 Å². The second-order valence-corrected chi connectivity index (χ2v) is 5.84. The van der Waals surface area contributed by atoms with Gasteiger partial charge in [0.05, 0.1) is 30.7 Å². The number of rotatable bonds is 3. The largest absolute Gasteiger partial charge is 0.495 e. The highest BCUT2D eigenvalue weighted by Gasteiger charge is 2.30. The predicted octanol–water partition coefficient (Wildman–Crippen LogP) is 2.85. The molecular weight excluding hydrogens is 290 g/mol. The zero-order valence-corrected chi connectivity index (χ0v) is 13.7. The standard InChI is InChI=1S/C18H21N3O2/c1-13-11-20(12-15-8-16(23-3)10-19-9-15)17-6-4-5-7-18(17)21(13)14(2)22/h4-10,13H,11-12H2,1-3H3/t13-/m0/s1. The van der Waals surface area contributed by atoms with Gasteiger partial charge in [-0.1, -0.05) is 12.1 Å². The lowest BCUT2D eigenvalue weighted by atomic mass is 10.1. The van der Waals surface area contributed by atoms with Crippen LogP contribution in [0.1, 0.15) is 19.4 Å². The third-order valence-electron chi connectivity index (χ3n) is 4.13. The smallest absolute Gasteiger partial charge is 0.224 e. The quantitative estimate of drug-likeness (QED) is 0.874. The number of benzene rings is 1. The molecule has 0 aliphatic carbocycles. The molecule has 0 spiro atoms. The summed E-state index contributed by atoms with van der Waals surface area (Å²) in [6.07, 6.45) is 3.56. The maximum absolute atomic E-state index is 12.0. The normalized spacial score (nSPS) is 16.9. The van der Waals surface area contributed by atoms with Gasteiger partial charge in [-0.15, -0.1) is 0 Å². The summed E-state index contributed by atoms with van der Waals surface area (Å²) in [4.78, 5) is 20.4. The Morgan fingerprint density at radius 2 is 2.04 bits per heavy atom. The number of para-hydroxylation sites is 2. The molecule has 1 atom stereocenters. The van der Waals surface area contributed by atoms with Crippen LogP contribution < -0.4 is 14.5 Å². The highest BCUT2D eigenvalue weighted by atomic mass is 16.5. The minimum Gasteiger partial charge on any atom is -0.495 e. The number of methoxy groups -OCH3 is 1. The number of hydrogen-bond acceptors (Lipinski definition) is 4. The molecule has 1 amide bonds. The van der Waals surface area contributed by atoms with E-state index >= 15 is 0 Å². The molecule has 5 heteroatoms. The first-order valence-corrected chi connectivity index (χ1v) is 7.72. The fraction of sp³-hybridized carbons (Fsp3) is 0.333. The van der Waals surface area contributed by atoms with E-state index in [1.807, 2.05) is 35.4 Å². The number of nitrogens with zero attached hydrogens (tertiary/aromatic N) is 3. The number of carbonyl (C=O) groups is 1. The Balaban J connectivity index is 1.94. The van der Waals surface area contributed by atoms with Crippen LogP contribution >= 0.6 is 0 Å². The van der Waals surface area contributed by atoms with Gasteiger partial charge < -0.3 is 14.5 Å². The minimum absolute atomic E-state index is 0.0765. The van der Waals surface area contributed by atoms with Crippen LogP contribution in [0.15, 0.2) is 42.7 Å². The Labute approximate surface area is 136 Å². The van der Waals surface area contributed by atoms with E-state index in [9.17, 15) is 4.79 Å². The van der Waals surface area contributed by atoms with Crippen LogP contribution in [0.2, 0.25) is 0 Å². The molecule has 0 fully saturated rings. The topological polar surface area (TPSA) is 45.7 Å². The van der Waals surface area contributed by atoms with E-state index in [0.717, 1.165) is 35.8 Å². The fourth-order valence-electron chi connectivity index (χ4n) is 3.18. The van der Waals surface area contributed by atoms with Crippen molar-refractivity contribution in [1.29, 1.82) is 0 Å². The molecule has 0 unspecified atom stereocenters. The SMILES string of the molecule is COc1cncc(CN2C[C@H](C)N(C(C)=O)c3ccccc32)c1. The first-order chi connectivity index (χ1) is 11.1. The Bertz CT molecular complexity index is 717. The third kappa shape index (κ3) is 2.99. The molecule has 0 radical (unpaired) electrons. The molecule has 0 N–H and O–H groups in total. The van der Waals surface area contributed by atoms with Gasteiger partial charge in [-0.05, 0) is 30.7 Å². The lowest BCUT2D eigenvalue weighted by Crippen LogP contribution is -2.49. The summed E-state index contributed by atoms with van der Waals surface area (Å²) >= 11 is 0. The molecule has 2 aromatic rings. The van der Waals surface area contributed by atoms with Crippen LogP contribution in [-0.4, -0.2) is 30.6 Å². The Kier molecular flexibility index (Phi) is 4.19. The average molecular weight is 311 g/mol. The highest BCUT2D eigenvalue weighted by Crippen LogP contribution is 2.36. The molecule has 2 heterocycles. The van der Waals surface area contributed by atoms with Crippen molar-refractivity contribution >= 4 is 17.3 Å². The zero-order chi connectivity index (χ0) is 16.4. The van der Waals surface area contributed by atoms with Gasteiger partial charge >= 0.3 is 0 Å². The summed E-state index contributed by atoms with van der Waals surface area (Å²) < 4.78 is 5.25. The van der Waals surface area contributed by atoms with Crippen molar-refractivity contribution in [3.8, 4) is 5.75 Å². The second kappa shape index (κ2) is 6.28. The fourth-order valence-corrected chi connectivity index (χ4v) is 3.18. The number of hydrogen-bond donors (Lipinski definition) is 0. The zero-order valence-electron chi connectivity index (χ0n) is 13.7. The van der Waals surface area contributed by atoms with Crippen LogP contribution in [-0.2, 0) is 11.3 Å². The molecule has 0 saturated heterocycles. The first-order valence-electron chi connectivity index (χ1n) is 7.72. The Morgan fingerprint density at radius 1 is 1.30 bits per heavy atom. The highest BCUT2D eigenvalue weighted by molar-refractivity contribution is 5.97. The molecule has 1 aromatic carbocycles. The van der Waals surface area contributed by atoms with Gasteiger partial charge in [0.2, 0.25) is 5.91 Å². The minimum atomic E-state index is 0.0765. The van der Waals surface area contributed by atoms with Crippen molar-refractivity contribution in [2.24, 2.45) is 0 Å². The first kappa shape index (κ1) is 15.3. The van der Waals surface area contributed by atoms with Gasteiger partial charge in [-0.25, -0.2) is 0 Å². The predicted molar refractivity (Wildman–Crippen MR) is 90.9 cm³/mol.